The second kappa shape index (κ2) is 6.89. The van der Waals surface area contributed by atoms with Gasteiger partial charge in [-0.15, -0.1) is 0 Å². The number of hydrogen-bond donors (Lipinski definition) is 1. The van der Waals surface area contributed by atoms with Crippen LogP contribution in [0.25, 0.3) is 0 Å². The van der Waals surface area contributed by atoms with Crippen LogP contribution in [-0.4, -0.2) is 36.5 Å². The molecule has 1 fully saturated rings. The summed E-state index contributed by atoms with van der Waals surface area (Å²) in [6.07, 6.45) is 4.39. The van der Waals surface area contributed by atoms with Crippen molar-refractivity contribution in [1.82, 2.24) is 10.2 Å². The van der Waals surface area contributed by atoms with Crippen molar-refractivity contribution in [3.8, 4) is 0 Å². The zero-order valence-corrected chi connectivity index (χ0v) is 11.0. The van der Waals surface area contributed by atoms with Crippen LogP contribution in [0.15, 0.2) is 0 Å². The Kier molecular flexibility index (Phi) is 5.81. The van der Waals surface area contributed by atoms with E-state index >= 15 is 0 Å². The number of carbonyl (C=O) groups excluding carboxylic acids is 1. The lowest BCUT2D eigenvalue weighted by atomic mass is 9.96. The Labute approximate surface area is 99.6 Å². The summed E-state index contributed by atoms with van der Waals surface area (Å²) in [7, 11) is 0. The maximum absolute atomic E-state index is 12.3. The first kappa shape index (κ1) is 13.5. The number of unbranched alkanes of at least 4 members (excludes halogenated alkanes) is 1. The smallest absolute Gasteiger partial charge is 0.225 e. The fraction of sp³-hybridized carbons (Fsp3) is 0.923. The van der Waals surface area contributed by atoms with E-state index in [0.29, 0.717) is 11.9 Å². The van der Waals surface area contributed by atoms with Crippen molar-refractivity contribution in [1.29, 1.82) is 0 Å². The molecule has 16 heavy (non-hydrogen) atoms. The lowest BCUT2D eigenvalue weighted by Crippen LogP contribution is -2.53. The standard InChI is InChI=1S/C13H26N2O/c1-4-6-7-12(5-2)13(16)15-9-8-14-10-11(15)3/h11-12,14H,4-10H2,1-3H3/t11-,12-/m1/s1. The Bertz CT molecular complexity index is 218. The SMILES string of the molecule is CCCC[C@@H](CC)C(=O)N1CCNC[C@H]1C. The fourth-order valence-corrected chi connectivity index (χ4v) is 2.36. The molecule has 0 unspecified atom stereocenters. The van der Waals surface area contributed by atoms with E-state index in [1.165, 1.54) is 12.8 Å². The van der Waals surface area contributed by atoms with E-state index in [-0.39, 0.29) is 5.92 Å². The van der Waals surface area contributed by atoms with Crippen LogP contribution in [0.5, 0.6) is 0 Å². The zero-order chi connectivity index (χ0) is 12.0. The molecule has 94 valence electrons. The molecular weight excluding hydrogens is 200 g/mol. The van der Waals surface area contributed by atoms with Crippen molar-refractivity contribution in [2.75, 3.05) is 19.6 Å². The van der Waals surface area contributed by atoms with Gasteiger partial charge in [-0.05, 0) is 19.8 Å². The maximum atomic E-state index is 12.3. The highest BCUT2D eigenvalue weighted by Crippen LogP contribution is 2.18. The lowest BCUT2D eigenvalue weighted by Gasteiger charge is -2.36. The summed E-state index contributed by atoms with van der Waals surface area (Å²) >= 11 is 0. The number of carbonyl (C=O) groups is 1. The number of piperazine rings is 1. The fourth-order valence-electron chi connectivity index (χ4n) is 2.36. The largest absolute Gasteiger partial charge is 0.337 e. The van der Waals surface area contributed by atoms with E-state index in [9.17, 15) is 4.79 Å². The molecule has 0 radical (unpaired) electrons. The molecule has 0 aromatic carbocycles. The van der Waals surface area contributed by atoms with E-state index < -0.39 is 0 Å². The van der Waals surface area contributed by atoms with E-state index in [0.717, 1.165) is 32.5 Å². The Morgan fingerprint density at radius 2 is 2.25 bits per heavy atom. The normalized spacial score (nSPS) is 23.2. The molecule has 1 aliphatic rings. The van der Waals surface area contributed by atoms with Gasteiger partial charge in [0.1, 0.15) is 0 Å². The van der Waals surface area contributed by atoms with E-state index in [4.69, 9.17) is 0 Å². The van der Waals surface area contributed by atoms with Crippen LogP contribution in [-0.2, 0) is 4.79 Å². The van der Waals surface area contributed by atoms with Crippen molar-refractivity contribution >= 4 is 5.91 Å². The van der Waals surface area contributed by atoms with Gasteiger partial charge in [0, 0.05) is 31.6 Å². The molecule has 1 saturated heterocycles. The molecule has 2 atom stereocenters. The van der Waals surface area contributed by atoms with Crippen molar-refractivity contribution in [3.05, 3.63) is 0 Å². The molecule has 3 nitrogen and oxygen atoms in total. The van der Waals surface area contributed by atoms with Gasteiger partial charge in [-0.2, -0.15) is 0 Å². The van der Waals surface area contributed by atoms with Gasteiger partial charge in [-0.25, -0.2) is 0 Å². The van der Waals surface area contributed by atoms with Crippen molar-refractivity contribution in [3.63, 3.8) is 0 Å². The van der Waals surface area contributed by atoms with Crippen LogP contribution in [0.4, 0.5) is 0 Å². The number of nitrogens with zero attached hydrogens (tertiary/aromatic N) is 1. The van der Waals surface area contributed by atoms with Crippen LogP contribution in [0.3, 0.4) is 0 Å². The minimum Gasteiger partial charge on any atom is -0.337 e. The summed E-state index contributed by atoms with van der Waals surface area (Å²) in [5.74, 6) is 0.630. The van der Waals surface area contributed by atoms with Crippen molar-refractivity contribution in [2.45, 2.75) is 52.5 Å². The van der Waals surface area contributed by atoms with Crippen molar-refractivity contribution in [2.24, 2.45) is 5.92 Å². The maximum Gasteiger partial charge on any atom is 0.225 e. The third kappa shape index (κ3) is 3.48. The molecule has 0 spiro atoms. The van der Waals surface area contributed by atoms with Gasteiger partial charge in [-0.1, -0.05) is 26.7 Å². The van der Waals surface area contributed by atoms with Gasteiger partial charge in [-0.3, -0.25) is 4.79 Å². The first-order chi connectivity index (χ1) is 7.70. The molecule has 0 aliphatic carbocycles. The van der Waals surface area contributed by atoms with Crippen LogP contribution >= 0.6 is 0 Å². The van der Waals surface area contributed by atoms with Gasteiger partial charge in [0.05, 0.1) is 0 Å². The summed E-state index contributed by atoms with van der Waals surface area (Å²) in [5.41, 5.74) is 0. The average Bonchev–Trinajstić information content (AvgIpc) is 2.30. The minimum absolute atomic E-state index is 0.250. The topological polar surface area (TPSA) is 32.3 Å². The minimum atomic E-state index is 0.250. The molecule has 3 heteroatoms. The molecule has 0 aromatic rings. The van der Waals surface area contributed by atoms with E-state index in [2.05, 4.69) is 31.0 Å². The second-order valence-electron chi connectivity index (χ2n) is 4.83. The van der Waals surface area contributed by atoms with Crippen LogP contribution in [0, 0.1) is 5.92 Å². The summed E-state index contributed by atoms with van der Waals surface area (Å²) in [6.45, 7) is 9.21. The molecule has 1 aliphatic heterocycles. The predicted molar refractivity (Wildman–Crippen MR) is 67.4 cm³/mol. The first-order valence-corrected chi connectivity index (χ1v) is 6.71. The van der Waals surface area contributed by atoms with Gasteiger partial charge in [0.15, 0.2) is 0 Å². The van der Waals surface area contributed by atoms with E-state index in [1.807, 2.05) is 0 Å². The third-order valence-electron chi connectivity index (χ3n) is 3.53. The van der Waals surface area contributed by atoms with Crippen LogP contribution in [0.1, 0.15) is 46.5 Å². The highest BCUT2D eigenvalue weighted by Gasteiger charge is 2.27. The molecule has 1 heterocycles. The first-order valence-electron chi connectivity index (χ1n) is 6.71. The highest BCUT2D eigenvalue weighted by atomic mass is 16.2. The average molecular weight is 226 g/mol. The Morgan fingerprint density at radius 3 is 2.81 bits per heavy atom. The second-order valence-corrected chi connectivity index (χ2v) is 4.83. The molecule has 1 N–H and O–H groups in total. The Hall–Kier alpha value is -0.570. The zero-order valence-electron chi connectivity index (χ0n) is 11.0. The summed E-state index contributed by atoms with van der Waals surface area (Å²) < 4.78 is 0. The summed E-state index contributed by atoms with van der Waals surface area (Å²) in [5, 5.41) is 3.33. The predicted octanol–water partition coefficient (Wildman–Crippen LogP) is 2.02. The molecule has 0 aromatic heterocycles. The van der Waals surface area contributed by atoms with Gasteiger partial charge < -0.3 is 10.2 Å². The molecule has 0 saturated carbocycles. The summed E-state index contributed by atoms with van der Waals surface area (Å²) in [6, 6.07) is 0.358. The number of hydrogen-bond acceptors (Lipinski definition) is 2. The quantitative estimate of drug-likeness (QED) is 0.778. The lowest BCUT2D eigenvalue weighted by molar-refractivity contribution is -0.138. The van der Waals surface area contributed by atoms with Crippen LogP contribution in [0.2, 0.25) is 0 Å². The Balaban J connectivity index is 2.51. The number of nitrogens with one attached hydrogen (secondary N) is 1. The van der Waals surface area contributed by atoms with E-state index in [1.54, 1.807) is 0 Å². The molecule has 0 bridgehead atoms. The van der Waals surface area contributed by atoms with Crippen LogP contribution < -0.4 is 5.32 Å². The monoisotopic (exact) mass is 226 g/mol. The summed E-state index contributed by atoms with van der Waals surface area (Å²) in [4.78, 5) is 14.4. The molecular formula is C13H26N2O. The van der Waals surface area contributed by atoms with Gasteiger partial charge >= 0.3 is 0 Å². The van der Waals surface area contributed by atoms with Gasteiger partial charge in [0.25, 0.3) is 0 Å². The molecule has 1 amide bonds. The van der Waals surface area contributed by atoms with Gasteiger partial charge in [0.2, 0.25) is 5.91 Å². The molecule has 1 rings (SSSR count). The third-order valence-corrected chi connectivity index (χ3v) is 3.53. The van der Waals surface area contributed by atoms with Crippen molar-refractivity contribution < 1.29 is 4.79 Å². The highest BCUT2D eigenvalue weighted by molar-refractivity contribution is 5.79. The number of amides is 1. The Morgan fingerprint density at radius 1 is 1.50 bits per heavy atom. The number of rotatable bonds is 5.